The predicted octanol–water partition coefficient (Wildman–Crippen LogP) is 4.14. The first kappa shape index (κ1) is 20.5. The molecular weight excluding hydrogens is 412 g/mol. The van der Waals surface area contributed by atoms with Crippen molar-refractivity contribution in [3.63, 3.8) is 0 Å². The molecule has 0 bridgehead atoms. The fraction of sp³-hybridized carbons (Fsp3) is 0.250. The van der Waals surface area contributed by atoms with Crippen LogP contribution in [-0.4, -0.2) is 25.5 Å². The average molecular weight is 431 g/mol. The van der Waals surface area contributed by atoms with Crippen molar-refractivity contribution in [2.75, 3.05) is 7.05 Å². The number of nitriles is 1. The Hall–Kier alpha value is -2.85. The van der Waals surface area contributed by atoms with Gasteiger partial charge in [0.1, 0.15) is 11.5 Å². The molecule has 1 N–H and O–H groups in total. The van der Waals surface area contributed by atoms with E-state index in [9.17, 15) is 9.59 Å². The van der Waals surface area contributed by atoms with Crippen molar-refractivity contribution in [1.29, 1.82) is 5.26 Å². The zero-order chi connectivity index (χ0) is 19.8. The number of nitrogens with one attached hydrogen (secondary N) is 1. The van der Waals surface area contributed by atoms with Crippen molar-refractivity contribution in [1.82, 2.24) is 5.32 Å². The van der Waals surface area contributed by atoms with Crippen LogP contribution in [0.3, 0.4) is 0 Å². The van der Waals surface area contributed by atoms with Gasteiger partial charge in [0.15, 0.2) is 12.4 Å². The van der Waals surface area contributed by atoms with E-state index in [1.54, 1.807) is 24.3 Å². The largest absolute Gasteiger partial charge is 0.456 e. The molecule has 1 atom stereocenters. The Morgan fingerprint density at radius 2 is 2.07 bits per heavy atom. The minimum absolute atomic E-state index is 0.293. The summed E-state index contributed by atoms with van der Waals surface area (Å²) in [5, 5.41) is 11.3. The molecule has 2 aromatic carbocycles. The maximum atomic E-state index is 11.3. The standard InChI is InChI=1S/C20H19BrN2O4/c1-3-14-9-16(26-19-7-4-13(11-22)8-18(19)21)6-5-15(14)10-17(12-24)27-20(25)23-2/h4-9,12,17H,3,10H2,1-2H3,(H,23,25). The Morgan fingerprint density at radius 1 is 1.30 bits per heavy atom. The molecule has 27 heavy (non-hydrogen) atoms. The molecule has 1 amide bonds. The van der Waals surface area contributed by atoms with Gasteiger partial charge < -0.3 is 14.8 Å². The monoisotopic (exact) mass is 430 g/mol. The molecule has 0 aromatic heterocycles. The Bertz CT molecular complexity index is 877. The summed E-state index contributed by atoms with van der Waals surface area (Å²) >= 11 is 3.40. The van der Waals surface area contributed by atoms with Crippen LogP contribution >= 0.6 is 15.9 Å². The first-order chi connectivity index (χ1) is 13.0. The van der Waals surface area contributed by atoms with Crippen molar-refractivity contribution in [3.05, 3.63) is 57.6 Å². The Kier molecular flexibility index (Phi) is 7.38. The van der Waals surface area contributed by atoms with Gasteiger partial charge in [0.25, 0.3) is 0 Å². The summed E-state index contributed by atoms with van der Waals surface area (Å²) < 4.78 is 11.6. The Morgan fingerprint density at radius 3 is 2.67 bits per heavy atom. The highest BCUT2D eigenvalue weighted by Crippen LogP contribution is 2.31. The predicted molar refractivity (Wildman–Crippen MR) is 104 cm³/mol. The van der Waals surface area contributed by atoms with Crippen LogP contribution in [0.25, 0.3) is 0 Å². The van der Waals surface area contributed by atoms with Crippen molar-refractivity contribution >= 4 is 28.3 Å². The Balaban J connectivity index is 2.19. The second-order valence-corrected chi connectivity index (χ2v) is 6.53. The van der Waals surface area contributed by atoms with Gasteiger partial charge in [-0.15, -0.1) is 0 Å². The first-order valence-corrected chi connectivity index (χ1v) is 9.13. The molecule has 0 saturated heterocycles. The van der Waals surface area contributed by atoms with Crippen molar-refractivity contribution in [2.45, 2.75) is 25.9 Å². The minimum Gasteiger partial charge on any atom is -0.456 e. The minimum atomic E-state index is -0.852. The van der Waals surface area contributed by atoms with Crippen LogP contribution in [0.4, 0.5) is 4.79 Å². The number of alkyl carbamates (subject to hydrolysis) is 1. The normalized spacial score (nSPS) is 11.2. The number of hydrogen-bond acceptors (Lipinski definition) is 5. The third-order valence-electron chi connectivity index (χ3n) is 3.88. The summed E-state index contributed by atoms with van der Waals surface area (Å²) in [6.07, 6.45) is 0.144. The average Bonchev–Trinajstić information content (AvgIpc) is 2.69. The number of hydrogen-bond donors (Lipinski definition) is 1. The fourth-order valence-electron chi connectivity index (χ4n) is 2.50. The van der Waals surface area contributed by atoms with Gasteiger partial charge in [-0.2, -0.15) is 5.26 Å². The maximum absolute atomic E-state index is 11.3. The SMILES string of the molecule is CCc1cc(Oc2ccc(C#N)cc2Br)ccc1CC(C=O)OC(=O)NC. The lowest BCUT2D eigenvalue weighted by atomic mass is 9.99. The van der Waals surface area contributed by atoms with Gasteiger partial charge in [0.2, 0.25) is 0 Å². The second-order valence-electron chi connectivity index (χ2n) is 5.68. The molecule has 0 aliphatic rings. The third kappa shape index (κ3) is 5.56. The summed E-state index contributed by atoms with van der Waals surface area (Å²) in [5.41, 5.74) is 2.43. The van der Waals surface area contributed by atoms with Gasteiger partial charge in [0.05, 0.1) is 16.1 Å². The van der Waals surface area contributed by atoms with E-state index in [1.807, 2.05) is 19.1 Å². The number of aldehydes is 1. The molecule has 6 nitrogen and oxygen atoms in total. The zero-order valence-electron chi connectivity index (χ0n) is 15.0. The van der Waals surface area contributed by atoms with Crippen LogP contribution in [0, 0.1) is 11.3 Å². The molecule has 0 aliphatic heterocycles. The molecule has 0 radical (unpaired) electrons. The van der Waals surface area contributed by atoms with Crippen molar-refractivity contribution in [3.8, 4) is 17.6 Å². The molecule has 2 aromatic rings. The van der Waals surface area contributed by atoms with Crippen molar-refractivity contribution < 1.29 is 19.1 Å². The van der Waals surface area contributed by atoms with Crippen molar-refractivity contribution in [2.24, 2.45) is 0 Å². The van der Waals surface area contributed by atoms with E-state index in [0.717, 1.165) is 17.5 Å². The van der Waals surface area contributed by atoms with E-state index in [0.29, 0.717) is 34.2 Å². The number of nitrogens with zero attached hydrogens (tertiary/aromatic N) is 1. The van der Waals surface area contributed by atoms with E-state index in [4.69, 9.17) is 14.7 Å². The number of ether oxygens (including phenoxy) is 2. The molecule has 140 valence electrons. The zero-order valence-corrected chi connectivity index (χ0v) is 16.6. The number of aryl methyl sites for hydroxylation is 1. The molecule has 2 rings (SSSR count). The molecule has 0 spiro atoms. The summed E-state index contributed by atoms with van der Waals surface area (Å²) in [4.78, 5) is 22.5. The second kappa shape index (κ2) is 9.74. The topological polar surface area (TPSA) is 88.4 Å². The van der Waals surface area contributed by atoms with Crippen LogP contribution in [0.2, 0.25) is 0 Å². The smallest absolute Gasteiger partial charge is 0.407 e. The van der Waals surface area contributed by atoms with Crippen LogP contribution in [0.1, 0.15) is 23.6 Å². The highest BCUT2D eigenvalue weighted by Gasteiger charge is 2.16. The molecule has 0 fully saturated rings. The van der Waals surface area contributed by atoms with Gasteiger partial charge in [-0.3, -0.25) is 4.79 Å². The number of carbonyl (C=O) groups excluding carboxylic acids is 2. The van der Waals surface area contributed by atoms with Gasteiger partial charge in [-0.05, 0) is 63.8 Å². The molecule has 0 heterocycles. The molecular formula is C20H19BrN2O4. The number of rotatable bonds is 7. The van der Waals surface area contributed by atoms with Crippen LogP contribution < -0.4 is 10.1 Å². The number of halogens is 1. The maximum Gasteiger partial charge on any atom is 0.407 e. The number of amides is 1. The Labute approximate surface area is 166 Å². The lowest BCUT2D eigenvalue weighted by Gasteiger charge is -2.16. The van der Waals surface area contributed by atoms with E-state index < -0.39 is 12.2 Å². The number of benzene rings is 2. The summed E-state index contributed by atoms with van der Waals surface area (Å²) in [6, 6.07) is 12.7. The highest BCUT2D eigenvalue weighted by atomic mass is 79.9. The van der Waals surface area contributed by atoms with Crippen LogP contribution in [0.5, 0.6) is 11.5 Å². The molecule has 1 unspecified atom stereocenters. The fourth-order valence-corrected chi connectivity index (χ4v) is 2.96. The van der Waals surface area contributed by atoms with E-state index in [2.05, 4.69) is 27.3 Å². The van der Waals surface area contributed by atoms with Crippen LogP contribution in [-0.2, 0) is 22.4 Å². The van der Waals surface area contributed by atoms with Gasteiger partial charge in [0, 0.05) is 13.5 Å². The quantitative estimate of drug-likeness (QED) is 0.666. The van der Waals surface area contributed by atoms with Gasteiger partial charge >= 0.3 is 6.09 Å². The molecule has 0 aliphatic carbocycles. The lowest BCUT2D eigenvalue weighted by Crippen LogP contribution is -2.28. The molecule has 7 heteroatoms. The lowest BCUT2D eigenvalue weighted by molar-refractivity contribution is -0.115. The van der Waals surface area contributed by atoms with Crippen LogP contribution in [0.15, 0.2) is 40.9 Å². The summed E-state index contributed by atoms with van der Waals surface area (Å²) in [5.74, 6) is 1.23. The van der Waals surface area contributed by atoms with E-state index >= 15 is 0 Å². The highest BCUT2D eigenvalue weighted by molar-refractivity contribution is 9.10. The molecule has 0 saturated carbocycles. The summed E-state index contributed by atoms with van der Waals surface area (Å²) in [7, 11) is 1.44. The summed E-state index contributed by atoms with van der Waals surface area (Å²) in [6.45, 7) is 2.00. The van der Waals surface area contributed by atoms with E-state index in [1.165, 1.54) is 7.05 Å². The van der Waals surface area contributed by atoms with Gasteiger partial charge in [-0.25, -0.2) is 4.79 Å². The third-order valence-corrected chi connectivity index (χ3v) is 4.50. The number of carbonyl (C=O) groups is 2. The first-order valence-electron chi connectivity index (χ1n) is 8.33. The van der Waals surface area contributed by atoms with E-state index in [-0.39, 0.29) is 0 Å². The van der Waals surface area contributed by atoms with Gasteiger partial charge in [-0.1, -0.05) is 13.0 Å².